The van der Waals surface area contributed by atoms with Gasteiger partial charge in [0.25, 0.3) is 0 Å². The molecular weight excluding hydrogens is 200 g/mol. The van der Waals surface area contributed by atoms with Gasteiger partial charge in [-0.1, -0.05) is 20.8 Å². The van der Waals surface area contributed by atoms with E-state index >= 15 is 0 Å². The molecule has 0 atom stereocenters. The Morgan fingerprint density at radius 3 is 2.81 bits per heavy atom. The molecule has 0 N–H and O–H groups in total. The molecule has 1 aromatic heterocycles. The van der Waals surface area contributed by atoms with Crippen molar-refractivity contribution in [3.8, 4) is 0 Å². The molecule has 16 heavy (non-hydrogen) atoms. The lowest BCUT2D eigenvalue weighted by Gasteiger charge is -2.29. The average molecular weight is 218 g/mol. The van der Waals surface area contributed by atoms with Gasteiger partial charge < -0.3 is 0 Å². The molecule has 0 bridgehead atoms. The fourth-order valence-electron chi connectivity index (χ4n) is 2.22. The highest BCUT2D eigenvalue weighted by molar-refractivity contribution is 5.98. The summed E-state index contributed by atoms with van der Waals surface area (Å²) in [6, 6.07) is 0. The average Bonchev–Trinajstić information content (AvgIpc) is 2.15. The van der Waals surface area contributed by atoms with Crippen molar-refractivity contribution in [3.05, 3.63) is 23.3 Å². The van der Waals surface area contributed by atoms with Crippen molar-refractivity contribution in [2.75, 3.05) is 0 Å². The number of aryl methyl sites for hydroxylation is 1. The molecule has 3 nitrogen and oxygen atoms in total. The topological polar surface area (TPSA) is 42.9 Å². The minimum absolute atomic E-state index is 0.0436. The Hall–Kier alpha value is -1.25. The lowest BCUT2D eigenvalue weighted by molar-refractivity contribution is 0.0909. The number of ketones is 1. The fraction of sp³-hybridized carbons (Fsp3) is 0.615. The van der Waals surface area contributed by atoms with Gasteiger partial charge in [0, 0.05) is 19.0 Å². The molecule has 3 heteroatoms. The normalized spacial score (nSPS) is 18.3. The van der Waals surface area contributed by atoms with E-state index in [1.807, 2.05) is 0 Å². The summed E-state index contributed by atoms with van der Waals surface area (Å²) >= 11 is 0. The van der Waals surface area contributed by atoms with Crippen molar-refractivity contribution in [2.24, 2.45) is 5.41 Å². The smallest absolute Gasteiger partial charge is 0.166 e. The molecule has 1 aliphatic carbocycles. The molecular formula is C13H18N2O. The zero-order valence-electron chi connectivity index (χ0n) is 10.2. The summed E-state index contributed by atoms with van der Waals surface area (Å²) in [7, 11) is 0. The van der Waals surface area contributed by atoms with Crippen LogP contribution in [0, 0.1) is 5.41 Å². The Bertz CT molecular complexity index is 424. The van der Waals surface area contributed by atoms with E-state index in [0.717, 1.165) is 36.3 Å². The summed E-state index contributed by atoms with van der Waals surface area (Å²) in [5.41, 5.74) is 1.72. The summed E-state index contributed by atoms with van der Waals surface area (Å²) in [6.07, 6.45) is 5.13. The molecule has 1 aromatic rings. The first-order chi connectivity index (χ1) is 7.52. The Balaban J connectivity index is 2.38. The summed E-state index contributed by atoms with van der Waals surface area (Å²) in [5.74, 6) is 1.06. The van der Waals surface area contributed by atoms with Crippen LogP contribution in [0.5, 0.6) is 0 Å². The second-order valence-corrected chi connectivity index (χ2v) is 5.34. The number of Topliss-reactive ketones (excluding diaryl/α,β-unsaturated/α-hetero) is 1. The second kappa shape index (κ2) is 3.96. The molecule has 0 saturated heterocycles. The van der Waals surface area contributed by atoms with Crippen molar-refractivity contribution < 1.29 is 4.79 Å². The molecule has 0 saturated carbocycles. The largest absolute Gasteiger partial charge is 0.294 e. The van der Waals surface area contributed by atoms with E-state index in [-0.39, 0.29) is 11.2 Å². The maximum absolute atomic E-state index is 11.9. The number of fused-ring (bicyclic) bond motifs is 1. The van der Waals surface area contributed by atoms with Crippen molar-refractivity contribution in [1.82, 2.24) is 9.97 Å². The standard InChI is InChI=1S/C13H18N2O/c1-4-5-12-14-8-9-10(15-12)6-13(2,3)7-11(9)16/h8H,4-7H2,1-3H3. The molecule has 0 aliphatic heterocycles. The van der Waals surface area contributed by atoms with E-state index in [9.17, 15) is 4.79 Å². The summed E-state index contributed by atoms with van der Waals surface area (Å²) < 4.78 is 0. The lowest BCUT2D eigenvalue weighted by atomic mass is 9.76. The van der Waals surface area contributed by atoms with Gasteiger partial charge in [0.05, 0.1) is 11.3 Å². The van der Waals surface area contributed by atoms with Crippen molar-refractivity contribution in [3.63, 3.8) is 0 Å². The third kappa shape index (κ3) is 2.13. The van der Waals surface area contributed by atoms with Gasteiger partial charge in [-0.05, 0) is 18.3 Å². The number of rotatable bonds is 2. The van der Waals surface area contributed by atoms with Gasteiger partial charge in [0.1, 0.15) is 5.82 Å². The molecule has 0 unspecified atom stereocenters. The van der Waals surface area contributed by atoms with Gasteiger partial charge in [-0.3, -0.25) is 4.79 Å². The summed E-state index contributed by atoms with van der Waals surface area (Å²) in [5, 5.41) is 0. The summed E-state index contributed by atoms with van der Waals surface area (Å²) in [6.45, 7) is 6.35. The molecule has 0 amide bonds. The van der Waals surface area contributed by atoms with Gasteiger partial charge in [-0.25, -0.2) is 9.97 Å². The second-order valence-electron chi connectivity index (χ2n) is 5.34. The lowest BCUT2D eigenvalue weighted by Crippen LogP contribution is -2.28. The molecule has 0 spiro atoms. The number of carbonyl (C=O) groups excluding carboxylic acids is 1. The maximum Gasteiger partial charge on any atom is 0.166 e. The minimum atomic E-state index is 0.0436. The fourth-order valence-corrected chi connectivity index (χ4v) is 2.22. The first-order valence-electron chi connectivity index (χ1n) is 5.90. The van der Waals surface area contributed by atoms with Gasteiger partial charge in [-0.15, -0.1) is 0 Å². The molecule has 1 heterocycles. The zero-order chi connectivity index (χ0) is 11.8. The third-order valence-electron chi connectivity index (χ3n) is 2.98. The highest BCUT2D eigenvalue weighted by Gasteiger charge is 2.32. The van der Waals surface area contributed by atoms with Gasteiger partial charge in [-0.2, -0.15) is 0 Å². The van der Waals surface area contributed by atoms with Gasteiger partial charge in [0.2, 0.25) is 0 Å². The van der Waals surface area contributed by atoms with Crippen LogP contribution in [0.3, 0.4) is 0 Å². The highest BCUT2D eigenvalue weighted by Crippen LogP contribution is 2.33. The van der Waals surface area contributed by atoms with Crippen LogP contribution in [0.25, 0.3) is 0 Å². The van der Waals surface area contributed by atoms with Crippen LogP contribution in [-0.4, -0.2) is 15.8 Å². The number of aromatic nitrogens is 2. The van der Waals surface area contributed by atoms with E-state index in [1.54, 1.807) is 6.20 Å². The molecule has 2 rings (SSSR count). The summed E-state index contributed by atoms with van der Waals surface area (Å²) in [4.78, 5) is 20.7. The molecule has 0 radical (unpaired) electrons. The van der Waals surface area contributed by atoms with E-state index in [1.165, 1.54) is 0 Å². The quantitative estimate of drug-likeness (QED) is 0.766. The Morgan fingerprint density at radius 1 is 1.38 bits per heavy atom. The van der Waals surface area contributed by atoms with Gasteiger partial charge >= 0.3 is 0 Å². The van der Waals surface area contributed by atoms with E-state index in [2.05, 4.69) is 30.7 Å². The number of carbonyl (C=O) groups is 1. The Kier molecular flexibility index (Phi) is 2.78. The van der Waals surface area contributed by atoms with Crippen LogP contribution in [0.4, 0.5) is 0 Å². The SMILES string of the molecule is CCCc1ncc2c(n1)CC(C)(C)CC2=O. The van der Waals surface area contributed by atoms with E-state index in [0.29, 0.717) is 6.42 Å². The third-order valence-corrected chi connectivity index (χ3v) is 2.98. The van der Waals surface area contributed by atoms with Crippen molar-refractivity contribution in [2.45, 2.75) is 46.5 Å². The van der Waals surface area contributed by atoms with Crippen LogP contribution in [-0.2, 0) is 12.8 Å². The monoisotopic (exact) mass is 218 g/mol. The Labute approximate surface area is 96.3 Å². The number of hydrogen-bond acceptors (Lipinski definition) is 3. The van der Waals surface area contributed by atoms with Crippen LogP contribution < -0.4 is 0 Å². The molecule has 1 aliphatic rings. The first kappa shape index (κ1) is 11.2. The van der Waals surface area contributed by atoms with Crippen LogP contribution in [0.2, 0.25) is 0 Å². The highest BCUT2D eigenvalue weighted by atomic mass is 16.1. The zero-order valence-corrected chi connectivity index (χ0v) is 10.2. The van der Waals surface area contributed by atoms with E-state index in [4.69, 9.17) is 0 Å². The number of nitrogens with zero attached hydrogens (tertiary/aromatic N) is 2. The molecule has 86 valence electrons. The van der Waals surface area contributed by atoms with Crippen LogP contribution in [0.1, 0.15) is 55.5 Å². The maximum atomic E-state index is 11.9. The van der Waals surface area contributed by atoms with E-state index < -0.39 is 0 Å². The van der Waals surface area contributed by atoms with Crippen LogP contribution >= 0.6 is 0 Å². The van der Waals surface area contributed by atoms with Crippen LogP contribution in [0.15, 0.2) is 6.20 Å². The molecule has 0 fully saturated rings. The van der Waals surface area contributed by atoms with Crippen molar-refractivity contribution >= 4 is 5.78 Å². The van der Waals surface area contributed by atoms with Gasteiger partial charge in [0.15, 0.2) is 5.78 Å². The first-order valence-corrected chi connectivity index (χ1v) is 5.90. The predicted molar refractivity (Wildman–Crippen MR) is 62.5 cm³/mol. The van der Waals surface area contributed by atoms with Crippen molar-refractivity contribution in [1.29, 1.82) is 0 Å². The number of hydrogen-bond donors (Lipinski definition) is 0. The Morgan fingerprint density at radius 2 is 2.12 bits per heavy atom. The minimum Gasteiger partial charge on any atom is -0.294 e. The predicted octanol–water partition coefficient (Wildman–Crippen LogP) is 2.58. The molecule has 0 aromatic carbocycles.